The molecule has 7 heteroatoms. The number of hydrogen-bond acceptors (Lipinski definition) is 5. The van der Waals surface area contributed by atoms with Crippen LogP contribution in [0.25, 0.3) is 0 Å². The standard InChI is InChI=1S/C19H22N2O4S/c22-26(23,17-6-7-18-19(13-17)25-14-24-18)21-11-8-15(9-12-21)4-5-16-3-1-2-10-20-16/h1-3,6-7,10,13,15H,4-5,8-9,11-12,14H2. The van der Waals surface area contributed by atoms with Crippen LogP contribution >= 0.6 is 0 Å². The molecule has 0 saturated carbocycles. The number of aryl methyl sites for hydroxylation is 1. The molecule has 3 heterocycles. The maximum Gasteiger partial charge on any atom is 0.243 e. The minimum atomic E-state index is -3.49. The molecule has 1 fully saturated rings. The van der Waals surface area contributed by atoms with E-state index in [1.165, 1.54) is 0 Å². The molecule has 2 aliphatic heterocycles. The number of aromatic nitrogens is 1. The zero-order valence-corrected chi connectivity index (χ0v) is 15.3. The lowest BCUT2D eigenvalue weighted by Crippen LogP contribution is -2.38. The highest BCUT2D eigenvalue weighted by Crippen LogP contribution is 2.35. The fourth-order valence-electron chi connectivity index (χ4n) is 3.52. The van der Waals surface area contributed by atoms with Crippen molar-refractivity contribution in [3.05, 3.63) is 48.3 Å². The molecule has 0 amide bonds. The predicted octanol–water partition coefficient (Wildman–Crippen LogP) is 2.84. The highest BCUT2D eigenvalue weighted by atomic mass is 32.2. The Morgan fingerprint density at radius 3 is 2.65 bits per heavy atom. The fraction of sp³-hybridized carbons (Fsp3) is 0.421. The molecular formula is C19H22N2O4S. The Labute approximate surface area is 153 Å². The van der Waals surface area contributed by atoms with Gasteiger partial charge in [0.05, 0.1) is 4.90 Å². The Kier molecular flexibility index (Phi) is 4.82. The van der Waals surface area contributed by atoms with Crippen LogP contribution in [0.4, 0.5) is 0 Å². The van der Waals surface area contributed by atoms with E-state index in [0.717, 1.165) is 31.4 Å². The number of benzene rings is 1. The van der Waals surface area contributed by atoms with E-state index in [2.05, 4.69) is 4.98 Å². The predicted molar refractivity (Wildman–Crippen MR) is 96.6 cm³/mol. The van der Waals surface area contributed by atoms with E-state index in [9.17, 15) is 8.42 Å². The number of nitrogens with zero attached hydrogens (tertiary/aromatic N) is 2. The van der Waals surface area contributed by atoms with Gasteiger partial charge in [-0.3, -0.25) is 4.98 Å². The van der Waals surface area contributed by atoms with Crippen molar-refractivity contribution in [3.63, 3.8) is 0 Å². The lowest BCUT2D eigenvalue weighted by molar-refractivity contribution is 0.174. The summed E-state index contributed by atoms with van der Waals surface area (Å²) in [6, 6.07) is 10.8. The van der Waals surface area contributed by atoms with E-state index in [0.29, 0.717) is 30.5 Å². The number of fused-ring (bicyclic) bond motifs is 1. The molecular weight excluding hydrogens is 352 g/mol. The van der Waals surface area contributed by atoms with Gasteiger partial charge in [0.2, 0.25) is 16.8 Å². The average Bonchev–Trinajstić information content (AvgIpc) is 3.15. The van der Waals surface area contributed by atoms with Gasteiger partial charge in [-0.05, 0) is 55.9 Å². The van der Waals surface area contributed by atoms with Crippen LogP contribution in [0.15, 0.2) is 47.5 Å². The molecule has 26 heavy (non-hydrogen) atoms. The third-order valence-electron chi connectivity index (χ3n) is 5.09. The van der Waals surface area contributed by atoms with Gasteiger partial charge in [0.15, 0.2) is 11.5 Å². The zero-order valence-electron chi connectivity index (χ0n) is 14.5. The smallest absolute Gasteiger partial charge is 0.243 e. The van der Waals surface area contributed by atoms with Crippen molar-refractivity contribution in [1.82, 2.24) is 9.29 Å². The normalized spacial score (nSPS) is 18.2. The molecule has 0 bridgehead atoms. The summed E-state index contributed by atoms with van der Waals surface area (Å²) in [6.45, 7) is 1.26. The van der Waals surface area contributed by atoms with Crippen LogP contribution in [-0.2, 0) is 16.4 Å². The van der Waals surface area contributed by atoms with Gasteiger partial charge in [0, 0.05) is 31.0 Å². The quantitative estimate of drug-likeness (QED) is 0.805. The Morgan fingerprint density at radius 2 is 1.88 bits per heavy atom. The number of hydrogen-bond donors (Lipinski definition) is 0. The summed E-state index contributed by atoms with van der Waals surface area (Å²) in [5.41, 5.74) is 1.10. The Hall–Kier alpha value is -2.12. The average molecular weight is 374 g/mol. The molecule has 0 radical (unpaired) electrons. The first-order valence-electron chi connectivity index (χ1n) is 8.92. The molecule has 0 spiro atoms. The van der Waals surface area contributed by atoms with Crippen molar-refractivity contribution in [1.29, 1.82) is 0 Å². The fourth-order valence-corrected chi connectivity index (χ4v) is 5.01. The van der Waals surface area contributed by atoms with Crippen LogP contribution in [0, 0.1) is 5.92 Å². The highest BCUT2D eigenvalue weighted by molar-refractivity contribution is 7.89. The van der Waals surface area contributed by atoms with Gasteiger partial charge in [-0.2, -0.15) is 4.31 Å². The number of rotatable bonds is 5. The van der Waals surface area contributed by atoms with Crippen LogP contribution in [0.1, 0.15) is 25.0 Å². The zero-order chi connectivity index (χ0) is 18.0. The van der Waals surface area contributed by atoms with Crippen molar-refractivity contribution in [3.8, 4) is 11.5 Å². The second-order valence-electron chi connectivity index (χ2n) is 6.72. The minimum Gasteiger partial charge on any atom is -0.454 e. The van der Waals surface area contributed by atoms with Crippen molar-refractivity contribution >= 4 is 10.0 Å². The van der Waals surface area contributed by atoms with Crippen molar-refractivity contribution < 1.29 is 17.9 Å². The van der Waals surface area contributed by atoms with Gasteiger partial charge < -0.3 is 9.47 Å². The molecule has 1 aromatic heterocycles. The highest BCUT2D eigenvalue weighted by Gasteiger charge is 2.30. The molecule has 1 saturated heterocycles. The summed E-state index contributed by atoms with van der Waals surface area (Å²) < 4.78 is 37.9. The van der Waals surface area contributed by atoms with Crippen molar-refractivity contribution in [2.75, 3.05) is 19.9 Å². The summed E-state index contributed by atoms with van der Waals surface area (Å²) in [4.78, 5) is 4.63. The monoisotopic (exact) mass is 374 g/mol. The molecule has 1 aromatic carbocycles. The molecule has 0 unspecified atom stereocenters. The number of piperidine rings is 1. The summed E-state index contributed by atoms with van der Waals surface area (Å²) in [5, 5.41) is 0. The van der Waals surface area contributed by atoms with E-state index in [-0.39, 0.29) is 11.7 Å². The van der Waals surface area contributed by atoms with Crippen LogP contribution in [0.3, 0.4) is 0 Å². The van der Waals surface area contributed by atoms with Crippen molar-refractivity contribution in [2.45, 2.75) is 30.6 Å². The van der Waals surface area contributed by atoms with E-state index >= 15 is 0 Å². The van der Waals surface area contributed by atoms with Crippen LogP contribution in [-0.4, -0.2) is 37.6 Å². The van der Waals surface area contributed by atoms with Gasteiger partial charge in [-0.1, -0.05) is 6.07 Å². The van der Waals surface area contributed by atoms with Gasteiger partial charge in [0.25, 0.3) is 0 Å². The van der Waals surface area contributed by atoms with Gasteiger partial charge >= 0.3 is 0 Å². The first-order chi connectivity index (χ1) is 12.6. The Morgan fingerprint density at radius 1 is 1.08 bits per heavy atom. The Balaban J connectivity index is 1.36. The maximum absolute atomic E-state index is 12.9. The molecule has 0 atom stereocenters. The van der Waals surface area contributed by atoms with E-state index in [1.54, 1.807) is 22.5 Å². The first-order valence-corrected chi connectivity index (χ1v) is 10.4. The summed E-state index contributed by atoms with van der Waals surface area (Å²) in [5.74, 6) is 1.63. The lowest BCUT2D eigenvalue weighted by Gasteiger charge is -2.31. The van der Waals surface area contributed by atoms with Crippen LogP contribution in [0.2, 0.25) is 0 Å². The van der Waals surface area contributed by atoms with Gasteiger partial charge in [-0.25, -0.2) is 8.42 Å². The summed E-state index contributed by atoms with van der Waals surface area (Å²) >= 11 is 0. The SMILES string of the molecule is O=S(=O)(c1ccc2c(c1)OCO2)N1CCC(CCc2ccccn2)CC1. The van der Waals surface area contributed by atoms with Gasteiger partial charge in [0.1, 0.15) is 0 Å². The second kappa shape index (κ2) is 7.25. The van der Waals surface area contributed by atoms with Crippen LogP contribution < -0.4 is 9.47 Å². The van der Waals surface area contributed by atoms with E-state index in [4.69, 9.17) is 9.47 Å². The largest absolute Gasteiger partial charge is 0.454 e. The second-order valence-corrected chi connectivity index (χ2v) is 8.66. The van der Waals surface area contributed by atoms with Crippen molar-refractivity contribution in [2.24, 2.45) is 5.92 Å². The number of sulfonamides is 1. The van der Waals surface area contributed by atoms with Gasteiger partial charge in [-0.15, -0.1) is 0 Å². The third-order valence-corrected chi connectivity index (χ3v) is 6.98. The number of ether oxygens (including phenoxy) is 2. The lowest BCUT2D eigenvalue weighted by atomic mass is 9.92. The van der Waals surface area contributed by atoms with Crippen LogP contribution in [0.5, 0.6) is 11.5 Å². The Bertz CT molecular complexity index is 862. The summed E-state index contributed by atoms with van der Waals surface area (Å²) in [6.07, 6.45) is 5.58. The maximum atomic E-state index is 12.9. The number of pyridine rings is 1. The molecule has 138 valence electrons. The van der Waals surface area contributed by atoms with E-state index < -0.39 is 10.0 Å². The first kappa shape index (κ1) is 17.3. The molecule has 6 nitrogen and oxygen atoms in total. The molecule has 0 N–H and O–H groups in total. The third kappa shape index (κ3) is 3.54. The molecule has 4 rings (SSSR count). The summed E-state index contributed by atoms with van der Waals surface area (Å²) in [7, 11) is -3.49. The molecule has 2 aliphatic rings. The topological polar surface area (TPSA) is 68.7 Å². The van der Waals surface area contributed by atoms with E-state index in [1.807, 2.05) is 24.4 Å². The molecule has 2 aromatic rings. The molecule has 0 aliphatic carbocycles. The minimum absolute atomic E-state index is 0.139.